The van der Waals surface area contributed by atoms with E-state index in [1.165, 1.54) is 5.56 Å². The van der Waals surface area contributed by atoms with Gasteiger partial charge in [0.2, 0.25) is 0 Å². The SMILES string of the molecule is COc1cccc(C2=NOC(CCc3ccccc3)C2)c1. The molecule has 2 aromatic rings. The molecule has 1 unspecified atom stereocenters. The number of hydrogen-bond acceptors (Lipinski definition) is 3. The van der Waals surface area contributed by atoms with Crippen molar-refractivity contribution in [2.45, 2.75) is 25.4 Å². The summed E-state index contributed by atoms with van der Waals surface area (Å²) in [7, 11) is 1.68. The Kier molecular flexibility index (Phi) is 4.20. The summed E-state index contributed by atoms with van der Waals surface area (Å²) in [5.74, 6) is 0.850. The maximum absolute atomic E-state index is 5.56. The van der Waals surface area contributed by atoms with Crippen molar-refractivity contribution in [1.29, 1.82) is 0 Å². The smallest absolute Gasteiger partial charge is 0.133 e. The monoisotopic (exact) mass is 281 g/mol. The number of ether oxygens (including phenoxy) is 1. The zero-order chi connectivity index (χ0) is 14.5. The molecule has 0 spiro atoms. The second-order valence-corrected chi connectivity index (χ2v) is 5.23. The van der Waals surface area contributed by atoms with Crippen LogP contribution in [0.1, 0.15) is 24.0 Å². The summed E-state index contributed by atoms with van der Waals surface area (Å²) in [5, 5.41) is 4.24. The molecule has 2 aromatic carbocycles. The molecule has 0 saturated carbocycles. The predicted octanol–water partition coefficient (Wildman–Crippen LogP) is 3.82. The third kappa shape index (κ3) is 3.43. The Balaban J connectivity index is 1.57. The average Bonchev–Trinajstić information content (AvgIpc) is 3.03. The van der Waals surface area contributed by atoms with Gasteiger partial charge < -0.3 is 9.57 Å². The molecule has 1 heterocycles. The number of hydrogen-bond donors (Lipinski definition) is 0. The lowest BCUT2D eigenvalue weighted by Crippen LogP contribution is -2.09. The average molecular weight is 281 g/mol. The van der Waals surface area contributed by atoms with Crippen LogP contribution in [0.4, 0.5) is 0 Å². The van der Waals surface area contributed by atoms with Gasteiger partial charge in [0.1, 0.15) is 11.9 Å². The minimum absolute atomic E-state index is 0.173. The van der Waals surface area contributed by atoms with Crippen molar-refractivity contribution in [1.82, 2.24) is 0 Å². The fourth-order valence-corrected chi connectivity index (χ4v) is 2.53. The second kappa shape index (κ2) is 6.44. The number of methoxy groups -OCH3 is 1. The number of nitrogens with zero attached hydrogens (tertiary/aromatic N) is 1. The third-order valence-electron chi connectivity index (χ3n) is 3.73. The largest absolute Gasteiger partial charge is 0.497 e. The maximum atomic E-state index is 5.56. The quantitative estimate of drug-likeness (QED) is 0.834. The lowest BCUT2D eigenvalue weighted by molar-refractivity contribution is 0.0794. The van der Waals surface area contributed by atoms with E-state index in [2.05, 4.69) is 29.4 Å². The van der Waals surface area contributed by atoms with Gasteiger partial charge in [-0.05, 0) is 30.5 Å². The van der Waals surface area contributed by atoms with Crippen molar-refractivity contribution >= 4 is 5.71 Å². The van der Waals surface area contributed by atoms with Gasteiger partial charge in [0, 0.05) is 12.0 Å². The van der Waals surface area contributed by atoms with Crippen molar-refractivity contribution in [2.75, 3.05) is 7.11 Å². The molecule has 108 valence electrons. The molecular weight excluding hydrogens is 262 g/mol. The predicted molar refractivity (Wildman–Crippen MR) is 83.8 cm³/mol. The highest BCUT2D eigenvalue weighted by molar-refractivity contribution is 6.01. The van der Waals surface area contributed by atoms with Crippen LogP contribution in [0.2, 0.25) is 0 Å². The van der Waals surface area contributed by atoms with Crippen LogP contribution in [0, 0.1) is 0 Å². The Morgan fingerprint density at radius 3 is 2.81 bits per heavy atom. The van der Waals surface area contributed by atoms with Gasteiger partial charge in [-0.2, -0.15) is 0 Å². The molecule has 3 nitrogen and oxygen atoms in total. The number of aryl methyl sites for hydroxylation is 1. The minimum atomic E-state index is 0.173. The molecule has 1 atom stereocenters. The van der Waals surface area contributed by atoms with Gasteiger partial charge in [-0.1, -0.05) is 47.6 Å². The zero-order valence-electron chi connectivity index (χ0n) is 12.2. The van der Waals surface area contributed by atoms with E-state index in [0.717, 1.165) is 36.3 Å². The van der Waals surface area contributed by atoms with E-state index in [-0.39, 0.29) is 6.10 Å². The Labute approximate surface area is 125 Å². The van der Waals surface area contributed by atoms with Crippen LogP contribution in [0.3, 0.4) is 0 Å². The summed E-state index contributed by atoms with van der Waals surface area (Å²) in [4.78, 5) is 5.56. The van der Waals surface area contributed by atoms with E-state index in [4.69, 9.17) is 9.57 Å². The van der Waals surface area contributed by atoms with E-state index in [9.17, 15) is 0 Å². The van der Waals surface area contributed by atoms with Crippen molar-refractivity contribution < 1.29 is 9.57 Å². The molecule has 0 bridgehead atoms. The summed E-state index contributed by atoms with van der Waals surface area (Å²) in [5.41, 5.74) is 3.43. The first-order valence-electron chi connectivity index (χ1n) is 7.26. The highest BCUT2D eigenvalue weighted by Crippen LogP contribution is 2.22. The van der Waals surface area contributed by atoms with Crippen LogP contribution < -0.4 is 4.74 Å². The van der Waals surface area contributed by atoms with E-state index in [0.29, 0.717) is 0 Å². The maximum Gasteiger partial charge on any atom is 0.133 e. The fraction of sp³-hybridized carbons (Fsp3) is 0.278. The van der Waals surface area contributed by atoms with Crippen LogP contribution >= 0.6 is 0 Å². The first-order valence-corrected chi connectivity index (χ1v) is 7.26. The normalized spacial score (nSPS) is 17.2. The number of rotatable bonds is 5. The van der Waals surface area contributed by atoms with Crippen LogP contribution in [-0.4, -0.2) is 18.9 Å². The molecule has 3 heteroatoms. The lowest BCUT2D eigenvalue weighted by Gasteiger charge is -2.08. The van der Waals surface area contributed by atoms with Crippen LogP contribution in [-0.2, 0) is 11.3 Å². The summed E-state index contributed by atoms with van der Waals surface area (Å²) >= 11 is 0. The molecule has 0 radical (unpaired) electrons. The van der Waals surface area contributed by atoms with Crippen molar-refractivity contribution in [2.24, 2.45) is 5.16 Å². The Bertz CT molecular complexity index is 622. The molecule has 1 aliphatic heterocycles. The summed E-state index contributed by atoms with van der Waals surface area (Å²) in [6, 6.07) is 18.5. The van der Waals surface area contributed by atoms with Crippen molar-refractivity contribution in [3.63, 3.8) is 0 Å². The summed E-state index contributed by atoms with van der Waals surface area (Å²) < 4.78 is 5.25. The van der Waals surface area contributed by atoms with E-state index in [1.807, 2.05) is 30.3 Å². The molecule has 0 fully saturated rings. The Hall–Kier alpha value is -2.29. The molecule has 1 aliphatic rings. The number of benzene rings is 2. The highest BCUT2D eigenvalue weighted by atomic mass is 16.6. The number of oxime groups is 1. The van der Waals surface area contributed by atoms with Gasteiger partial charge in [0.05, 0.1) is 12.8 Å². The molecule has 0 saturated heterocycles. The first kappa shape index (κ1) is 13.7. The molecular formula is C18H19NO2. The van der Waals surface area contributed by atoms with Crippen LogP contribution in [0.5, 0.6) is 5.75 Å². The van der Waals surface area contributed by atoms with Crippen molar-refractivity contribution in [3.8, 4) is 5.75 Å². The van der Waals surface area contributed by atoms with Gasteiger partial charge in [0.15, 0.2) is 0 Å². The van der Waals surface area contributed by atoms with Gasteiger partial charge in [0.25, 0.3) is 0 Å². The Morgan fingerprint density at radius 1 is 1.14 bits per heavy atom. The zero-order valence-corrected chi connectivity index (χ0v) is 12.2. The molecule has 0 aliphatic carbocycles. The van der Waals surface area contributed by atoms with Crippen molar-refractivity contribution in [3.05, 3.63) is 65.7 Å². The van der Waals surface area contributed by atoms with Gasteiger partial charge >= 0.3 is 0 Å². The molecule has 21 heavy (non-hydrogen) atoms. The molecule has 0 N–H and O–H groups in total. The standard InChI is InChI=1S/C18H19NO2/c1-20-16-9-5-8-15(12-16)18-13-17(21-19-18)11-10-14-6-3-2-4-7-14/h2-9,12,17H,10-11,13H2,1H3. The van der Waals surface area contributed by atoms with E-state index >= 15 is 0 Å². The summed E-state index contributed by atoms with van der Waals surface area (Å²) in [6.07, 6.45) is 3.04. The molecule has 0 amide bonds. The van der Waals surface area contributed by atoms with Gasteiger partial charge in [-0.3, -0.25) is 0 Å². The fourth-order valence-electron chi connectivity index (χ4n) is 2.53. The molecule has 3 rings (SSSR count). The van der Waals surface area contributed by atoms with E-state index in [1.54, 1.807) is 7.11 Å². The second-order valence-electron chi connectivity index (χ2n) is 5.23. The van der Waals surface area contributed by atoms with Crippen LogP contribution in [0.15, 0.2) is 59.8 Å². The molecule has 0 aromatic heterocycles. The van der Waals surface area contributed by atoms with E-state index < -0.39 is 0 Å². The first-order chi connectivity index (χ1) is 10.3. The van der Waals surface area contributed by atoms with Gasteiger partial charge in [-0.15, -0.1) is 0 Å². The summed E-state index contributed by atoms with van der Waals surface area (Å²) in [6.45, 7) is 0. The Morgan fingerprint density at radius 2 is 2.00 bits per heavy atom. The topological polar surface area (TPSA) is 30.8 Å². The van der Waals surface area contributed by atoms with Crippen LogP contribution in [0.25, 0.3) is 0 Å². The lowest BCUT2D eigenvalue weighted by atomic mass is 10.0. The van der Waals surface area contributed by atoms with Gasteiger partial charge in [-0.25, -0.2) is 0 Å². The minimum Gasteiger partial charge on any atom is -0.497 e. The highest BCUT2D eigenvalue weighted by Gasteiger charge is 2.22. The third-order valence-corrected chi connectivity index (χ3v) is 3.73.